The van der Waals surface area contributed by atoms with Crippen LogP contribution in [0, 0.1) is 5.92 Å². The Bertz CT molecular complexity index is 1660. The van der Waals surface area contributed by atoms with Crippen LogP contribution in [0.3, 0.4) is 0 Å². The van der Waals surface area contributed by atoms with Crippen molar-refractivity contribution >= 4 is 44.5 Å². The Morgan fingerprint density at radius 2 is 1.55 bits per heavy atom. The zero-order valence-corrected chi connectivity index (χ0v) is 22.5. The molecule has 0 saturated carbocycles. The number of hydrogen-bond donors (Lipinski definition) is 4. The van der Waals surface area contributed by atoms with Crippen LogP contribution in [0.2, 0.25) is 0 Å². The minimum atomic E-state index is -0.767. The Labute approximate surface area is 222 Å². The van der Waals surface area contributed by atoms with E-state index in [0.717, 1.165) is 46.9 Å². The molecule has 0 bridgehead atoms. The third-order valence-corrected chi connectivity index (χ3v) is 7.94. The van der Waals surface area contributed by atoms with Gasteiger partial charge in [0.05, 0.1) is 11.1 Å². The van der Waals surface area contributed by atoms with E-state index >= 15 is 0 Å². The zero-order chi connectivity index (χ0) is 27.4. The first-order chi connectivity index (χ1) is 18.1. The molecule has 0 fully saturated rings. The predicted molar refractivity (Wildman–Crippen MR) is 152 cm³/mol. The van der Waals surface area contributed by atoms with E-state index in [1.807, 2.05) is 63.2 Å². The molecule has 4 N–H and O–H groups in total. The van der Waals surface area contributed by atoms with Gasteiger partial charge in [-0.25, -0.2) is 0 Å². The SMILES string of the molecule is CCC(C)(C)c1[nH]c2ccccc2c1C1=C(O)C(=O)C(c2c[nH]c3c(CCC(C)C)cccc23)=C(O)C1=O. The van der Waals surface area contributed by atoms with Crippen molar-refractivity contribution in [3.8, 4) is 0 Å². The van der Waals surface area contributed by atoms with Crippen LogP contribution in [0.4, 0.5) is 0 Å². The summed E-state index contributed by atoms with van der Waals surface area (Å²) in [5.41, 5.74) is 3.63. The summed E-state index contributed by atoms with van der Waals surface area (Å²) in [6, 6.07) is 13.3. The molecule has 38 heavy (non-hydrogen) atoms. The number of nitrogens with one attached hydrogen (secondary N) is 2. The predicted octanol–water partition coefficient (Wildman–Crippen LogP) is 7.32. The summed E-state index contributed by atoms with van der Waals surface area (Å²) < 4.78 is 0. The highest BCUT2D eigenvalue weighted by Gasteiger charge is 2.40. The maximum absolute atomic E-state index is 13.8. The molecule has 4 aromatic rings. The van der Waals surface area contributed by atoms with Gasteiger partial charge in [-0.3, -0.25) is 9.59 Å². The van der Waals surface area contributed by atoms with Crippen molar-refractivity contribution in [3.05, 3.63) is 82.6 Å². The van der Waals surface area contributed by atoms with E-state index in [0.29, 0.717) is 22.4 Å². The smallest absolute Gasteiger partial charge is 0.232 e. The number of allylic oxidation sites excluding steroid dienone is 2. The van der Waals surface area contributed by atoms with Crippen molar-refractivity contribution in [3.63, 3.8) is 0 Å². The van der Waals surface area contributed by atoms with Gasteiger partial charge in [0.2, 0.25) is 11.6 Å². The molecule has 0 radical (unpaired) electrons. The Balaban J connectivity index is 1.67. The minimum absolute atomic E-state index is 0.164. The molecule has 0 saturated heterocycles. The Morgan fingerprint density at radius 3 is 2.26 bits per heavy atom. The number of fused-ring (bicyclic) bond motifs is 2. The van der Waals surface area contributed by atoms with Gasteiger partial charge < -0.3 is 20.2 Å². The molecule has 6 nitrogen and oxygen atoms in total. The molecule has 6 heteroatoms. The quantitative estimate of drug-likeness (QED) is 0.195. The van der Waals surface area contributed by atoms with Crippen LogP contribution < -0.4 is 0 Å². The van der Waals surface area contributed by atoms with Crippen LogP contribution in [0.1, 0.15) is 69.8 Å². The van der Waals surface area contributed by atoms with Crippen LogP contribution in [0.25, 0.3) is 33.0 Å². The van der Waals surface area contributed by atoms with Crippen LogP contribution in [0.5, 0.6) is 0 Å². The summed E-state index contributed by atoms with van der Waals surface area (Å²) in [4.78, 5) is 34.1. The average Bonchev–Trinajstić information content (AvgIpc) is 3.50. The highest BCUT2D eigenvalue weighted by molar-refractivity contribution is 6.48. The number of aryl methyl sites for hydroxylation is 1. The molecular formula is C32H34N2O4. The first-order valence-electron chi connectivity index (χ1n) is 13.2. The summed E-state index contributed by atoms with van der Waals surface area (Å²) in [5, 5.41) is 24.0. The van der Waals surface area contributed by atoms with E-state index in [-0.39, 0.29) is 16.6 Å². The molecule has 5 rings (SSSR count). The topological polar surface area (TPSA) is 106 Å². The molecule has 0 atom stereocenters. The third-order valence-electron chi connectivity index (χ3n) is 7.94. The number of carbonyl (C=O) groups excluding carboxylic acids is 2. The van der Waals surface area contributed by atoms with Crippen LogP contribution in [-0.4, -0.2) is 31.7 Å². The third kappa shape index (κ3) is 3.95. The van der Waals surface area contributed by atoms with Gasteiger partial charge in [-0.05, 0) is 36.8 Å². The number of rotatable bonds is 7. The number of ketones is 2. The normalized spacial score (nSPS) is 15.1. The molecule has 0 spiro atoms. The van der Waals surface area contributed by atoms with Gasteiger partial charge in [-0.1, -0.05) is 71.0 Å². The molecule has 1 aliphatic carbocycles. The van der Waals surface area contributed by atoms with Gasteiger partial charge in [0.15, 0.2) is 11.5 Å². The number of aliphatic hydroxyl groups excluding tert-OH is 2. The number of Topliss-reactive ketones (excluding diaryl/α,β-unsaturated/α-hetero) is 2. The highest BCUT2D eigenvalue weighted by Crippen LogP contribution is 2.43. The molecule has 0 amide bonds. The molecule has 1 aliphatic rings. The molecule has 0 aliphatic heterocycles. The van der Waals surface area contributed by atoms with E-state index in [4.69, 9.17) is 0 Å². The summed E-state index contributed by atoms with van der Waals surface area (Å²) in [5.74, 6) is -2.29. The van der Waals surface area contributed by atoms with Crippen molar-refractivity contribution in [2.45, 2.75) is 59.3 Å². The first kappa shape index (κ1) is 25.6. The lowest BCUT2D eigenvalue weighted by atomic mass is 9.79. The van der Waals surface area contributed by atoms with Gasteiger partial charge in [-0.15, -0.1) is 0 Å². The summed E-state index contributed by atoms with van der Waals surface area (Å²) in [6.07, 6.45) is 4.26. The molecular weight excluding hydrogens is 476 g/mol. The fraction of sp³-hybridized carbons (Fsp3) is 0.312. The van der Waals surface area contributed by atoms with Gasteiger partial charge in [0, 0.05) is 50.2 Å². The number of H-pyrrole nitrogens is 2. The van der Waals surface area contributed by atoms with E-state index in [2.05, 4.69) is 23.8 Å². The maximum atomic E-state index is 13.8. The van der Waals surface area contributed by atoms with E-state index in [1.165, 1.54) is 0 Å². The zero-order valence-electron chi connectivity index (χ0n) is 22.5. The second-order valence-corrected chi connectivity index (χ2v) is 11.2. The summed E-state index contributed by atoms with van der Waals surface area (Å²) in [6.45, 7) is 10.5. The number of para-hydroxylation sites is 2. The van der Waals surface area contributed by atoms with Crippen molar-refractivity contribution in [1.82, 2.24) is 9.97 Å². The molecule has 2 heterocycles. The molecule has 0 unspecified atom stereocenters. The van der Waals surface area contributed by atoms with Crippen molar-refractivity contribution in [2.24, 2.45) is 5.92 Å². The lowest BCUT2D eigenvalue weighted by Gasteiger charge is -2.25. The summed E-state index contributed by atoms with van der Waals surface area (Å²) in [7, 11) is 0. The Hall–Kier alpha value is -4.06. The van der Waals surface area contributed by atoms with Gasteiger partial charge in [0.1, 0.15) is 0 Å². The number of aromatic amines is 2. The molecule has 2 aromatic carbocycles. The standard InChI is InChI=1S/C32H34N2O4/c1-6-32(4,5)31-23(20-11-7-8-13-22(20)34-31)25-29(37)27(35)24(28(36)30(25)38)21-16-33-26-18(15-14-17(2)3)10-9-12-19(21)26/h7-13,16-17,33-35,38H,6,14-15H2,1-5H3. The van der Waals surface area contributed by atoms with Gasteiger partial charge >= 0.3 is 0 Å². The van der Waals surface area contributed by atoms with E-state index < -0.39 is 23.1 Å². The number of aliphatic hydroxyl groups is 2. The Morgan fingerprint density at radius 1 is 0.895 bits per heavy atom. The number of carbonyl (C=O) groups is 2. The second kappa shape index (κ2) is 9.35. The van der Waals surface area contributed by atoms with Gasteiger partial charge in [0.25, 0.3) is 0 Å². The molecule has 2 aromatic heterocycles. The number of benzene rings is 2. The first-order valence-corrected chi connectivity index (χ1v) is 13.2. The number of hydrogen-bond acceptors (Lipinski definition) is 4. The van der Waals surface area contributed by atoms with Crippen LogP contribution in [0.15, 0.2) is 60.2 Å². The van der Waals surface area contributed by atoms with E-state index in [9.17, 15) is 19.8 Å². The summed E-state index contributed by atoms with van der Waals surface area (Å²) >= 11 is 0. The lowest BCUT2D eigenvalue weighted by Crippen LogP contribution is -2.25. The van der Waals surface area contributed by atoms with Gasteiger partial charge in [-0.2, -0.15) is 0 Å². The fourth-order valence-corrected chi connectivity index (χ4v) is 5.32. The fourth-order valence-electron chi connectivity index (χ4n) is 5.32. The maximum Gasteiger partial charge on any atom is 0.232 e. The van der Waals surface area contributed by atoms with Crippen molar-refractivity contribution < 1.29 is 19.8 Å². The monoisotopic (exact) mass is 510 g/mol. The number of aromatic nitrogens is 2. The second-order valence-electron chi connectivity index (χ2n) is 11.2. The largest absolute Gasteiger partial charge is 0.504 e. The highest BCUT2D eigenvalue weighted by atomic mass is 16.3. The van der Waals surface area contributed by atoms with Crippen molar-refractivity contribution in [2.75, 3.05) is 0 Å². The minimum Gasteiger partial charge on any atom is -0.504 e. The Kier molecular flexibility index (Phi) is 6.30. The van der Waals surface area contributed by atoms with E-state index in [1.54, 1.807) is 6.20 Å². The van der Waals surface area contributed by atoms with Crippen LogP contribution >= 0.6 is 0 Å². The molecule has 196 valence electrons. The van der Waals surface area contributed by atoms with Crippen LogP contribution in [-0.2, 0) is 21.4 Å². The lowest BCUT2D eigenvalue weighted by molar-refractivity contribution is -0.116. The average molecular weight is 511 g/mol. The van der Waals surface area contributed by atoms with Crippen molar-refractivity contribution in [1.29, 1.82) is 0 Å².